The Morgan fingerprint density at radius 2 is 1.89 bits per heavy atom. The highest BCUT2D eigenvalue weighted by atomic mass is 15.1. The summed E-state index contributed by atoms with van der Waals surface area (Å²) in [5.74, 6) is 0.778. The van der Waals surface area contributed by atoms with Gasteiger partial charge in [-0.25, -0.2) is 0 Å². The summed E-state index contributed by atoms with van der Waals surface area (Å²) in [5, 5.41) is 0. The van der Waals surface area contributed by atoms with Crippen molar-refractivity contribution in [3.8, 4) is 0 Å². The van der Waals surface area contributed by atoms with Crippen molar-refractivity contribution in [3.63, 3.8) is 0 Å². The van der Waals surface area contributed by atoms with Crippen LogP contribution in [-0.2, 0) is 0 Å². The molecule has 1 saturated heterocycles. The third-order valence-electron chi connectivity index (χ3n) is 3.78. The Labute approximate surface area is 111 Å². The summed E-state index contributed by atoms with van der Waals surface area (Å²) in [6, 6.07) is 11.1. The fourth-order valence-electron chi connectivity index (χ4n) is 2.50. The van der Waals surface area contributed by atoms with Crippen molar-refractivity contribution in [2.75, 3.05) is 19.6 Å². The van der Waals surface area contributed by atoms with Crippen molar-refractivity contribution in [3.05, 3.63) is 35.9 Å². The molecule has 2 heteroatoms. The molecule has 18 heavy (non-hydrogen) atoms. The molecule has 0 bridgehead atoms. The van der Waals surface area contributed by atoms with Gasteiger partial charge in [-0.15, -0.1) is 0 Å². The van der Waals surface area contributed by atoms with E-state index in [0.29, 0.717) is 6.04 Å². The first-order valence-corrected chi connectivity index (χ1v) is 7.04. The molecule has 0 unspecified atom stereocenters. The number of hydrogen-bond donors (Lipinski definition) is 0. The van der Waals surface area contributed by atoms with Gasteiger partial charge >= 0.3 is 0 Å². The SMILES string of the molecule is CC(C)N1CCC(C/N=C/c2ccccc2)CC1. The Kier molecular flexibility index (Phi) is 4.94. The summed E-state index contributed by atoms with van der Waals surface area (Å²) in [6.07, 6.45) is 4.60. The fraction of sp³-hybridized carbons (Fsp3) is 0.562. The second kappa shape index (κ2) is 6.69. The Hall–Kier alpha value is -1.15. The molecule has 1 aromatic rings. The standard InChI is InChI=1S/C16H24N2/c1-14(2)18-10-8-16(9-11-18)13-17-12-15-6-4-3-5-7-15/h3-7,12,14,16H,8-11,13H2,1-2H3/b17-12+. The molecule has 1 aromatic carbocycles. The summed E-state index contributed by atoms with van der Waals surface area (Å²) >= 11 is 0. The number of benzene rings is 1. The van der Waals surface area contributed by atoms with Gasteiger partial charge in [-0.3, -0.25) is 4.99 Å². The average Bonchev–Trinajstić information content (AvgIpc) is 2.40. The van der Waals surface area contributed by atoms with E-state index in [1.165, 1.54) is 31.5 Å². The summed E-state index contributed by atoms with van der Waals surface area (Å²) in [6.45, 7) is 8.04. The summed E-state index contributed by atoms with van der Waals surface area (Å²) in [4.78, 5) is 7.16. The average molecular weight is 244 g/mol. The van der Waals surface area contributed by atoms with Crippen molar-refractivity contribution in [2.24, 2.45) is 10.9 Å². The van der Waals surface area contributed by atoms with Gasteiger partial charge < -0.3 is 4.90 Å². The summed E-state index contributed by atoms with van der Waals surface area (Å²) < 4.78 is 0. The highest BCUT2D eigenvalue weighted by Crippen LogP contribution is 2.18. The smallest absolute Gasteiger partial charge is 0.0418 e. The Bertz CT molecular complexity index is 362. The molecule has 2 nitrogen and oxygen atoms in total. The van der Waals surface area contributed by atoms with E-state index in [0.717, 1.165) is 12.5 Å². The van der Waals surface area contributed by atoms with Gasteiger partial charge in [0.25, 0.3) is 0 Å². The van der Waals surface area contributed by atoms with E-state index < -0.39 is 0 Å². The second-order valence-corrected chi connectivity index (χ2v) is 5.48. The van der Waals surface area contributed by atoms with E-state index in [4.69, 9.17) is 0 Å². The molecule has 1 heterocycles. The van der Waals surface area contributed by atoms with Gasteiger partial charge in [0.1, 0.15) is 0 Å². The molecular formula is C16H24N2. The Balaban J connectivity index is 1.74. The van der Waals surface area contributed by atoms with E-state index in [9.17, 15) is 0 Å². The lowest BCUT2D eigenvalue weighted by molar-refractivity contribution is 0.152. The molecule has 0 aromatic heterocycles. The highest BCUT2D eigenvalue weighted by molar-refractivity contribution is 5.79. The van der Waals surface area contributed by atoms with Gasteiger partial charge in [0, 0.05) is 18.8 Å². The van der Waals surface area contributed by atoms with Gasteiger partial charge in [0.05, 0.1) is 0 Å². The van der Waals surface area contributed by atoms with Crippen molar-refractivity contribution in [1.82, 2.24) is 4.90 Å². The predicted octanol–water partition coefficient (Wildman–Crippen LogP) is 3.23. The lowest BCUT2D eigenvalue weighted by atomic mass is 9.96. The Morgan fingerprint density at radius 1 is 1.22 bits per heavy atom. The second-order valence-electron chi connectivity index (χ2n) is 5.48. The summed E-state index contributed by atoms with van der Waals surface area (Å²) in [7, 11) is 0. The molecule has 0 amide bonds. The lowest BCUT2D eigenvalue weighted by Gasteiger charge is -2.34. The van der Waals surface area contributed by atoms with Crippen LogP contribution in [0.15, 0.2) is 35.3 Å². The van der Waals surface area contributed by atoms with E-state index in [2.05, 4.69) is 48.0 Å². The van der Waals surface area contributed by atoms with E-state index in [1.807, 2.05) is 12.3 Å². The quantitative estimate of drug-likeness (QED) is 0.742. The number of hydrogen-bond acceptors (Lipinski definition) is 2. The zero-order valence-electron chi connectivity index (χ0n) is 11.5. The maximum Gasteiger partial charge on any atom is 0.0418 e. The Morgan fingerprint density at radius 3 is 2.50 bits per heavy atom. The third-order valence-corrected chi connectivity index (χ3v) is 3.78. The molecular weight excluding hydrogens is 220 g/mol. The molecule has 0 atom stereocenters. The minimum Gasteiger partial charge on any atom is -0.301 e. The van der Waals surface area contributed by atoms with Gasteiger partial charge in [-0.2, -0.15) is 0 Å². The van der Waals surface area contributed by atoms with Crippen LogP contribution in [0.4, 0.5) is 0 Å². The number of rotatable bonds is 4. The van der Waals surface area contributed by atoms with Gasteiger partial charge in [-0.1, -0.05) is 30.3 Å². The van der Waals surface area contributed by atoms with Crippen LogP contribution in [0, 0.1) is 5.92 Å². The molecule has 98 valence electrons. The van der Waals surface area contributed by atoms with E-state index >= 15 is 0 Å². The number of aliphatic imine (C=N–C) groups is 1. The molecule has 0 N–H and O–H groups in total. The van der Waals surface area contributed by atoms with Crippen molar-refractivity contribution < 1.29 is 0 Å². The van der Waals surface area contributed by atoms with Crippen LogP contribution < -0.4 is 0 Å². The number of likely N-dealkylation sites (tertiary alicyclic amines) is 1. The molecule has 0 spiro atoms. The first-order chi connectivity index (χ1) is 8.75. The van der Waals surface area contributed by atoms with Crippen LogP contribution in [0.25, 0.3) is 0 Å². The van der Waals surface area contributed by atoms with E-state index in [1.54, 1.807) is 0 Å². The zero-order valence-corrected chi connectivity index (χ0v) is 11.5. The van der Waals surface area contributed by atoms with Crippen LogP contribution >= 0.6 is 0 Å². The van der Waals surface area contributed by atoms with Crippen molar-refractivity contribution >= 4 is 6.21 Å². The van der Waals surface area contributed by atoms with Crippen LogP contribution in [-0.4, -0.2) is 36.8 Å². The maximum atomic E-state index is 4.59. The maximum absolute atomic E-state index is 4.59. The fourth-order valence-corrected chi connectivity index (χ4v) is 2.50. The molecule has 1 aliphatic heterocycles. The van der Waals surface area contributed by atoms with Crippen LogP contribution in [0.5, 0.6) is 0 Å². The first-order valence-electron chi connectivity index (χ1n) is 7.04. The van der Waals surface area contributed by atoms with Gasteiger partial charge in [0.15, 0.2) is 0 Å². The molecule has 1 fully saturated rings. The first kappa shape index (κ1) is 13.3. The normalized spacial score (nSPS) is 18.8. The number of piperidine rings is 1. The van der Waals surface area contributed by atoms with Crippen LogP contribution in [0.2, 0.25) is 0 Å². The predicted molar refractivity (Wildman–Crippen MR) is 78.3 cm³/mol. The van der Waals surface area contributed by atoms with Crippen molar-refractivity contribution in [1.29, 1.82) is 0 Å². The van der Waals surface area contributed by atoms with Gasteiger partial charge in [-0.05, 0) is 51.3 Å². The topological polar surface area (TPSA) is 15.6 Å². The highest BCUT2D eigenvalue weighted by Gasteiger charge is 2.19. The minimum absolute atomic E-state index is 0.693. The van der Waals surface area contributed by atoms with Crippen LogP contribution in [0.3, 0.4) is 0 Å². The minimum atomic E-state index is 0.693. The molecule has 0 radical (unpaired) electrons. The molecule has 0 saturated carbocycles. The van der Waals surface area contributed by atoms with Crippen LogP contribution in [0.1, 0.15) is 32.3 Å². The largest absolute Gasteiger partial charge is 0.301 e. The molecule has 1 aliphatic rings. The molecule has 0 aliphatic carbocycles. The van der Waals surface area contributed by atoms with Gasteiger partial charge in [0.2, 0.25) is 0 Å². The third kappa shape index (κ3) is 3.95. The number of nitrogens with zero attached hydrogens (tertiary/aromatic N) is 2. The molecule has 2 rings (SSSR count). The lowest BCUT2D eigenvalue weighted by Crippen LogP contribution is -2.39. The zero-order chi connectivity index (χ0) is 12.8. The summed E-state index contributed by atoms with van der Waals surface area (Å²) in [5.41, 5.74) is 1.21. The van der Waals surface area contributed by atoms with E-state index in [-0.39, 0.29) is 0 Å². The monoisotopic (exact) mass is 244 g/mol. The van der Waals surface area contributed by atoms with Crippen molar-refractivity contribution in [2.45, 2.75) is 32.7 Å².